The summed E-state index contributed by atoms with van der Waals surface area (Å²) in [5.41, 5.74) is 1.49. The summed E-state index contributed by atoms with van der Waals surface area (Å²) >= 11 is 0. The van der Waals surface area contributed by atoms with E-state index < -0.39 is 0 Å². The summed E-state index contributed by atoms with van der Waals surface area (Å²) in [6, 6.07) is 7.46. The maximum absolute atomic E-state index is 9.37. The summed E-state index contributed by atoms with van der Waals surface area (Å²) < 4.78 is 5.58. The van der Waals surface area contributed by atoms with Crippen LogP contribution in [-0.2, 0) is 11.2 Å². The molecule has 29 heavy (non-hydrogen) atoms. The Morgan fingerprint density at radius 1 is 1.10 bits per heavy atom. The van der Waals surface area contributed by atoms with Gasteiger partial charge in [0.05, 0.1) is 13.2 Å². The number of aliphatic imine (C=N–C) groups is 1. The number of ether oxygens (including phenoxy) is 1. The van der Waals surface area contributed by atoms with Crippen molar-refractivity contribution < 1.29 is 9.84 Å². The number of benzene rings is 1. The second kappa shape index (κ2) is 12.6. The molecule has 3 rings (SSSR count). The SMILES string of the molecule is CN=C(NCCCc1ccc(O)cc1)NCC1(N2CCOCC2)CCCCC1.I. The zero-order chi connectivity index (χ0) is 19.7. The molecule has 6 nitrogen and oxygen atoms in total. The van der Waals surface area contributed by atoms with Gasteiger partial charge in [-0.25, -0.2) is 0 Å². The molecule has 2 aliphatic rings. The van der Waals surface area contributed by atoms with Crippen LogP contribution in [0.15, 0.2) is 29.3 Å². The molecule has 0 amide bonds. The van der Waals surface area contributed by atoms with Crippen molar-refractivity contribution in [3.63, 3.8) is 0 Å². The number of morpholine rings is 1. The van der Waals surface area contributed by atoms with Crippen molar-refractivity contribution in [2.75, 3.05) is 46.4 Å². The topological polar surface area (TPSA) is 69.1 Å². The van der Waals surface area contributed by atoms with Crippen molar-refractivity contribution in [3.05, 3.63) is 29.8 Å². The maximum atomic E-state index is 9.37. The van der Waals surface area contributed by atoms with Crippen molar-refractivity contribution in [2.24, 2.45) is 4.99 Å². The van der Waals surface area contributed by atoms with E-state index in [1.807, 2.05) is 19.2 Å². The number of hydrogen-bond acceptors (Lipinski definition) is 4. The predicted octanol–water partition coefficient (Wildman–Crippen LogP) is 3.14. The molecular formula is C22H37IN4O2. The molecule has 1 aliphatic carbocycles. The summed E-state index contributed by atoms with van der Waals surface area (Å²) in [5, 5.41) is 16.4. The average Bonchev–Trinajstić information content (AvgIpc) is 2.76. The van der Waals surface area contributed by atoms with E-state index in [9.17, 15) is 5.11 Å². The van der Waals surface area contributed by atoms with Crippen molar-refractivity contribution >= 4 is 29.9 Å². The van der Waals surface area contributed by atoms with E-state index in [1.54, 1.807) is 12.1 Å². The van der Waals surface area contributed by atoms with Crippen molar-refractivity contribution in [3.8, 4) is 5.75 Å². The lowest BCUT2D eigenvalue weighted by atomic mass is 9.80. The normalized spacial score (nSPS) is 20.0. The highest BCUT2D eigenvalue weighted by molar-refractivity contribution is 14.0. The monoisotopic (exact) mass is 516 g/mol. The highest BCUT2D eigenvalue weighted by Gasteiger charge is 2.38. The van der Waals surface area contributed by atoms with Gasteiger partial charge in [-0.15, -0.1) is 24.0 Å². The van der Waals surface area contributed by atoms with E-state index in [4.69, 9.17) is 4.74 Å². The maximum Gasteiger partial charge on any atom is 0.191 e. The minimum Gasteiger partial charge on any atom is -0.508 e. The van der Waals surface area contributed by atoms with E-state index >= 15 is 0 Å². The average molecular weight is 516 g/mol. The van der Waals surface area contributed by atoms with Crippen LogP contribution in [-0.4, -0.2) is 67.9 Å². The molecule has 2 fully saturated rings. The number of guanidine groups is 1. The van der Waals surface area contributed by atoms with Gasteiger partial charge in [0.25, 0.3) is 0 Å². The molecule has 1 saturated heterocycles. The Kier molecular flexibility index (Phi) is 10.5. The van der Waals surface area contributed by atoms with Gasteiger partial charge in [0, 0.05) is 38.8 Å². The third kappa shape index (κ3) is 7.29. The standard InChI is InChI=1S/C22H36N4O2.HI/c1-23-21(24-13-5-6-19-7-9-20(27)10-8-19)25-18-22(11-3-2-4-12-22)26-14-16-28-17-15-26;/h7-10,27H,2-6,11-18H2,1H3,(H2,23,24,25);1H. The molecule has 0 atom stereocenters. The van der Waals surface area contributed by atoms with Gasteiger partial charge in [0.15, 0.2) is 5.96 Å². The number of hydrogen-bond donors (Lipinski definition) is 3. The summed E-state index contributed by atoms with van der Waals surface area (Å²) in [5.74, 6) is 1.22. The second-order valence-electron chi connectivity index (χ2n) is 8.01. The Morgan fingerprint density at radius 3 is 2.45 bits per heavy atom. The van der Waals surface area contributed by atoms with Crippen LogP contribution >= 0.6 is 24.0 Å². The van der Waals surface area contributed by atoms with Crippen molar-refractivity contribution in [1.82, 2.24) is 15.5 Å². The molecule has 0 spiro atoms. The molecule has 7 heteroatoms. The predicted molar refractivity (Wildman–Crippen MR) is 129 cm³/mol. The van der Waals surface area contributed by atoms with E-state index in [0.717, 1.165) is 58.2 Å². The molecule has 3 N–H and O–H groups in total. The number of halogens is 1. The second-order valence-corrected chi connectivity index (χ2v) is 8.01. The van der Waals surface area contributed by atoms with Crippen LogP contribution in [0.4, 0.5) is 0 Å². The van der Waals surface area contributed by atoms with Crippen LogP contribution in [0.1, 0.15) is 44.1 Å². The summed E-state index contributed by atoms with van der Waals surface area (Å²) in [6.07, 6.45) is 8.53. The van der Waals surface area contributed by atoms with Gasteiger partial charge in [-0.05, 0) is 43.4 Å². The van der Waals surface area contributed by atoms with Crippen LogP contribution in [0.3, 0.4) is 0 Å². The smallest absolute Gasteiger partial charge is 0.191 e. The molecule has 1 saturated carbocycles. The molecule has 0 unspecified atom stereocenters. The quantitative estimate of drug-likeness (QED) is 0.225. The van der Waals surface area contributed by atoms with Gasteiger partial charge >= 0.3 is 0 Å². The lowest BCUT2D eigenvalue weighted by molar-refractivity contribution is -0.0352. The number of nitrogens with zero attached hydrogens (tertiary/aromatic N) is 2. The number of phenols is 1. The van der Waals surface area contributed by atoms with Crippen LogP contribution in [0.5, 0.6) is 5.75 Å². The number of phenolic OH excluding ortho intramolecular Hbond substituents is 1. The van der Waals surface area contributed by atoms with E-state index in [1.165, 1.54) is 37.7 Å². The highest BCUT2D eigenvalue weighted by Crippen LogP contribution is 2.33. The third-order valence-electron chi connectivity index (χ3n) is 6.15. The lowest BCUT2D eigenvalue weighted by Crippen LogP contribution is -2.60. The fourth-order valence-electron chi connectivity index (χ4n) is 4.48. The summed E-state index contributed by atoms with van der Waals surface area (Å²) in [6.45, 7) is 5.62. The largest absolute Gasteiger partial charge is 0.508 e. The zero-order valence-electron chi connectivity index (χ0n) is 17.7. The minimum atomic E-state index is 0. The van der Waals surface area contributed by atoms with E-state index in [-0.39, 0.29) is 29.5 Å². The Labute approximate surface area is 192 Å². The minimum absolute atomic E-state index is 0. The lowest BCUT2D eigenvalue weighted by Gasteiger charge is -2.48. The molecule has 1 aliphatic heterocycles. The first kappa shape index (κ1) is 24.2. The van der Waals surface area contributed by atoms with Gasteiger partial charge < -0.3 is 20.5 Å². The van der Waals surface area contributed by atoms with Gasteiger partial charge in [-0.1, -0.05) is 31.4 Å². The molecule has 1 heterocycles. The molecule has 0 bridgehead atoms. The van der Waals surface area contributed by atoms with E-state index in [2.05, 4.69) is 20.5 Å². The van der Waals surface area contributed by atoms with Crippen LogP contribution in [0.2, 0.25) is 0 Å². The Morgan fingerprint density at radius 2 is 1.79 bits per heavy atom. The highest BCUT2D eigenvalue weighted by atomic mass is 127. The Bertz CT molecular complexity index is 612. The number of nitrogens with one attached hydrogen (secondary N) is 2. The van der Waals surface area contributed by atoms with Crippen LogP contribution in [0, 0.1) is 0 Å². The summed E-state index contributed by atoms with van der Waals surface area (Å²) in [4.78, 5) is 7.08. The summed E-state index contributed by atoms with van der Waals surface area (Å²) in [7, 11) is 1.84. The molecule has 0 radical (unpaired) electrons. The van der Waals surface area contributed by atoms with Crippen LogP contribution < -0.4 is 10.6 Å². The first-order chi connectivity index (χ1) is 13.7. The molecule has 1 aromatic rings. The van der Waals surface area contributed by atoms with Crippen molar-refractivity contribution in [2.45, 2.75) is 50.5 Å². The van der Waals surface area contributed by atoms with Crippen molar-refractivity contribution in [1.29, 1.82) is 0 Å². The molecule has 1 aromatic carbocycles. The van der Waals surface area contributed by atoms with Crippen LogP contribution in [0.25, 0.3) is 0 Å². The van der Waals surface area contributed by atoms with Gasteiger partial charge in [0.1, 0.15) is 5.75 Å². The Balaban J connectivity index is 0.00000300. The number of rotatable bonds is 7. The first-order valence-corrected chi connectivity index (χ1v) is 10.8. The van der Waals surface area contributed by atoms with Gasteiger partial charge in [-0.3, -0.25) is 9.89 Å². The van der Waals surface area contributed by atoms with Gasteiger partial charge in [-0.2, -0.15) is 0 Å². The van der Waals surface area contributed by atoms with E-state index in [0.29, 0.717) is 5.75 Å². The fraction of sp³-hybridized carbons (Fsp3) is 0.682. The third-order valence-corrected chi connectivity index (χ3v) is 6.15. The molecular weight excluding hydrogens is 479 g/mol. The first-order valence-electron chi connectivity index (χ1n) is 10.8. The number of aryl methyl sites for hydroxylation is 1. The fourth-order valence-corrected chi connectivity index (χ4v) is 4.48. The number of aromatic hydroxyl groups is 1. The molecule has 0 aromatic heterocycles. The zero-order valence-corrected chi connectivity index (χ0v) is 20.0. The Hall–Kier alpha value is -1.06. The molecule has 164 valence electrons. The van der Waals surface area contributed by atoms with Gasteiger partial charge in [0.2, 0.25) is 0 Å².